The standard InChI is InChI=1S/C20H25N5O/c1-14-8-10-25(11-9-14)18-6-4-16(5-7-18)23-19(26)15-12-21-20(22-13-15)24-17-2-3-17/h4-7,12-14,17H,2-3,8-11H2,1H3,(H,23,26)(H,21,22,24). The van der Waals surface area contributed by atoms with Gasteiger partial charge in [0.25, 0.3) is 5.91 Å². The third kappa shape index (κ3) is 4.12. The molecule has 26 heavy (non-hydrogen) atoms. The number of hydrogen-bond acceptors (Lipinski definition) is 5. The van der Waals surface area contributed by atoms with Crippen LogP contribution in [0, 0.1) is 5.92 Å². The molecule has 1 aliphatic heterocycles. The van der Waals surface area contributed by atoms with Gasteiger partial charge < -0.3 is 15.5 Å². The van der Waals surface area contributed by atoms with E-state index in [9.17, 15) is 4.79 Å². The summed E-state index contributed by atoms with van der Waals surface area (Å²) in [5, 5.41) is 6.12. The lowest BCUT2D eigenvalue weighted by Crippen LogP contribution is -2.32. The zero-order valence-corrected chi connectivity index (χ0v) is 15.1. The fourth-order valence-corrected chi connectivity index (χ4v) is 3.16. The van der Waals surface area contributed by atoms with Crippen LogP contribution in [0.25, 0.3) is 0 Å². The van der Waals surface area contributed by atoms with Crippen LogP contribution >= 0.6 is 0 Å². The lowest BCUT2D eigenvalue weighted by Gasteiger charge is -2.32. The molecule has 0 bridgehead atoms. The summed E-state index contributed by atoms with van der Waals surface area (Å²) in [6.45, 7) is 4.52. The molecule has 2 heterocycles. The van der Waals surface area contributed by atoms with Crippen molar-refractivity contribution in [3.63, 3.8) is 0 Å². The predicted octanol–water partition coefficient (Wildman–Crippen LogP) is 3.54. The number of rotatable bonds is 5. The van der Waals surface area contributed by atoms with Crippen LogP contribution in [0.4, 0.5) is 17.3 Å². The van der Waals surface area contributed by atoms with Crippen molar-refractivity contribution < 1.29 is 4.79 Å². The number of carbonyl (C=O) groups excluding carboxylic acids is 1. The van der Waals surface area contributed by atoms with Gasteiger partial charge in [-0.1, -0.05) is 6.92 Å². The Morgan fingerprint density at radius 1 is 1.04 bits per heavy atom. The highest BCUT2D eigenvalue weighted by Crippen LogP contribution is 2.25. The molecule has 0 unspecified atom stereocenters. The maximum atomic E-state index is 12.4. The summed E-state index contributed by atoms with van der Waals surface area (Å²) in [6, 6.07) is 8.55. The molecule has 136 valence electrons. The van der Waals surface area contributed by atoms with E-state index < -0.39 is 0 Å². The highest BCUT2D eigenvalue weighted by Gasteiger charge is 2.22. The second-order valence-electron chi connectivity index (χ2n) is 7.38. The molecule has 6 nitrogen and oxygen atoms in total. The van der Waals surface area contributed by atoms with E-state index in [4.69, 9.17) is 0 Å². The summed E-state index contributed by atoms with van der Waals surface area (Å²) >= 11 is 0. The average Bonchev–Trinajstić information content (AvgIpc) is 3.48. The summed E-state index contributed by atoms with van der Waals surface area (Å²) in [5.74, 6) is 1.21. The zero-order chi connectivity index (χ0) is 17.9. The van der Waals surface area contributed by atoms with Crippen molar-refractivity contribution >= 4 is 23.2 Å². The molecule has 1 aromatic carbocycles. The SMILES string of the molecule is CC1CCN(c2ccc(NC(=O)c3cnc(NC4CC4)nc3)cc2)CC1. The Kier molecular flexibility index (Phi) is 4.73. The third-order valence-electron chi connectivity index (χ3n) is 5.10. The van der Waals surface area contributed by atoms with Crippen molar-refractivity contribution in [2.45, 2.75) is 38.6 Å². The van der Waals surface area contributed by atoms with E-state index in [2.05, 4.69) is 44.6 Å². The Morgan fingerprint density at radius 3 is 2.31 bits per heavy atom. The minimum absolute atomic E-state index is 0.192. The Labute approximate surface area is 154 Å². The monoisotopic (exact) mass is 351 g/mol. The average molecular weight is 351 g/mol. The molecule has 0 atom stereocenters. The van der Waals surface area contributed by atoms with Crippen molar-refractivity contribution in [1.82, 2.24) is 9.97 Å². The van der Waals surface area contributed by atoms with Gasteiger partial charge in [-0.05, 0) is 55.9 Å². The van der Waals surface area contributed by atoms with E-state index in [0.29, 0.717) is 17.6 Å². The second-order valence-corrected chi connectivity index (χ2v) is 7.38. The topological polar surface area (TPSA) is 70.2 Å². The summed E-state index contributed by atoms with van der Waals surface area (Å²) in [7, 11) is 0. The van der Waals surface area contributed by atoms with Crippen LogP contribution < -0.4 is 15.5 Å². The van der Waals surface area contributed by atoms with E-state index in [1.807, 2.05) is 12.1 Å². The van der Waals surface area contributed by atoms with Gasteiger partial charge >= 0.3 is 0 Å². The van der Waals surface area contributed by atoms with Crippen molar-refractivity contribution in [3.8, 4) is 0 Å². The number of nitrogens with zero attached hydrogens (tertiary/aromatic N) is 3. The lowest BCUT2D eigenvalue weighted by atomic mass is 9.99. The first-order chi connectivity index (χ1) is 12.7. The van der Waals surface area contributed by atoms with Gasteiger partial charge in [-0.2, -0.15) is 0 Å². The van der Waals surface area contributed by atoms with Crippen LogP contribution in [-0.2, 0) is 0 Å². The molecular formula is C20H25N5O. The van der Waals surface area contributed by atoms with Crippen LogP contribution in [0.3, 0.4) is 0 Å². The zero-order valence-electron chi connectivity index (χ0n) is 15.1. The first-order valence-electron chi connectivity index (χ1n) is 9.42. The Balaban J connectivity index is 1.35. The van der Waals surface area contributed by atoms with Gasteiger partial charge in [0.1, 0.15) is 0 Å². The Hall–Kier alpha value is -2.63. The molecule has 6 heteroatoms. The molecular weight excluding hydrogens is 326 g/mol. The minimum atomic E-state index is -0.192. The summed E-state index contributed by atoms with van der Waals surface area (Å²) in [4.78, 5) is 23.2. The molecule has 4 rings (SSSR count). The molecule has 1 aromatic heterocycles. The van der Waals surface area contributed by atoms with E-state index in [1.54, 1.807) is 12.4 Å². The van der Waals surface area contributed by atoms with Gasteiger partial charge in [0.15, 0.2) is 0 Å². The number of benzene rings is 1. The molecule has 2 N–H and O–H groups in total. The fourth-order valence-electron chi connectivity index (χ4n) is 3.16. The number of hydrogen-bond donors (Lipinski definition) is 2. The number of carbonyl (C=O) groups is 1. The molecule has 0 radical (unpaired) electrons. The van der Waals surface area contributed by atoms with Crippen LogP contribution in [0.2, 0.25) is 0 Å². The van der Waals surface area contributed by atoms with E-state index >= 15 is 0 Å². The Bertz CT molecular complexity index is 747. The van der Waals surface area contributed by atoms with Gasteiger partial charge in [0.2, 0.25) is 5.95 Å². The van der Waals surface area contributed by atoms with Gasteiger partial charge in [0.05, 0.1) is 5.56 Å². The van der Waals surface area contributed by atoms with Crippen molar-refractivity contribution in [2.24, 2.45) is 5.92 Å². The highest BCUT2D eigenvalue weighted by molar-refractivity contribution is 6.03. The predicted molar refractivity (Wildman–Crippen MR) is 104 cm³/mol. The maximum absolute atomic E-state index is 12.4. The quantitative estimate of drug-likeness (QED) is 0.862. The maximum Gasteiger partial charge on any atom is 0.258 e. The fraction of sp³-hybridized carbons (Fsp3) is 0.450. The largest absolute Gasteiger partial charge is 0.372 e. The normalized spacial score (nSPS) is 17.8. The smallest absolute Gasteiger partial charge is 0.258 e. The second kappa shape index (κ2) is 7.32. The van der Waals surface area contributed by atoms with Crippen LogP contribution in [0.1, 0.15) is 43.0 Å². The summed E-state index contributed by atoms with van der Waals surface area (Å²) in [5.41, 5.74) is 2.46. The third-order valence-corrected chi connectivity index (χ3v) is 5.10. The van der Waals surface area contributed by atoms with Crippen LogP contribution in [0.5, 0.6) is 0 Å². The molecule has 2 aliphatic rings. The van der Waals surface area contributed by atoms with Gasteiger partial charge in [0, 0.05) is 42.9 Å². The van der Waals surface area contributed by atoms with Gasteiger partial charge in [-0.25, -0.2) is 9.97 Å². The molecule has 2 fully saturated rings. The summed E-state index contributed by atoms with van der Waals surface area (Å²) < 4.78 is 0. The Morgan fingerprint density at radius 2 is 1.69 bits per heavy atom. The number of piperidine rings is 1. The van der Waals surface area contributed by atoms with E-state index in [0.717, 1.165) is 37.5 Å². The number of aromatic nitrogens is 2. The van der Waals surface area contributed by atoms with Crippen molar-refractivity contribution in [3.05, 3.63) is 42.2 Å². The number of nitrogens with one attached hydrogen (secondary N) is 2. The number of anilines is 3. The summed E-state index contributed by atoms with van der Waals surface area (Å²) in [6.07, 6.45) is 7.94. The van der Waals surface area contributed by atoms with E-state index in [-0.39, 0.29) is 5.91 Å². The molecule has 1 saturated heterocycles. The lowest BCUT2D eigenvalue weighted by molar-refractivity contribution is 0.102. The first kappa shape index (κ1) is 16.8. The molecule has 2 aromatic rings. The molecule has 1 aliphatic carbocycles. The van der Waals surface area contributed by atoms with Crippen LogP contribution in [-0.4, -0.2) is 35.0 Å². The van der Waals surface area contributed by atoms with Crippen molar-refractivity contribution in [2.75, 3.05) is 28.6 Å². The van der Waals surface area contributed by atoms with Crippen LogP contribution in [0.15, 0.2) is 36.7 Å². The molecule has 1 saturated carbocycles. The van der Waals surface area contributed by atoms with E-state index in [1.165, 1.54) is 18.5 Å². The minimum Gasteiger partial charge on any atom is -0.372 e. The molecule has 1 amide bonds. The van der Waals surface area contributed by atoms with Gasteiger partial charge in [-0.15, -0.1) is 0 Å². The number of amides is 1. The molecule has 0 spiro atoms. The highest BCUT2D eigenvalue weighted by atomic mass is 16.1. The first-order valence-corrected chi connectivity index (χ1v) is 9.42. The van der Waals surface area contributed by atoms with Gasteiger partial charge in [-0.3, -0.25) is 4.79 Å². The van der Waals surface area contributed by atoms with Crippen molar-refractivity contribution in [1.29, 1.82) is 0 Å².